The lowest BCUT2D eigenvalue weighted by molar-refractivity contribution is 0.396. The summed E-state index contributed by atoms with van der Waals surface area (Å²) in [5.41, 5.74) is 0. The van der Waals surface area contributed by atoms with Gasteiger partial charge in [0, 0.05) is 7.11 Å². The first kappa shape index (κ1) is 8.18. The molecule has 0 fully saturated rings. The topological polar surface area (TPSA) is 9.23 Å². The molecular formula is C6H16OSi. The highest BCUT2D eigenvalue weighted by Gasteiger charge is 2.20. The molecular weight excluding hydrogens is 116 g/mol. The molecule has 0 heterocycles. The lowest BCUT2D eigenvalue weighted by atomic mass is 10.3. The fourth-order valence-electron chi connectivity index (χ4n) is 0.354. The van der Waals surface area contributed by atoms with Crippen LogP contribution in [-0.2, 0) is 4.43 Å². The molecule has 50 valence electrons. The van der Waals surface area contributed by atoms with E-state index in [4.69, 9.17) is 4.43 Å². The molecule has 1 unspecified atom stereocenters. The van der Waals surface area contributed by atoms with Gasteiger partial charge in [0.05, 0.1) is 0 Å². The van der Waals surface area contributed by atoms with Gasteiger partial charge in [0.25, 0.3) is 0 Å². The molecule has 0 amide bonds. The molecule has 1 nitrogen and oxygen atoms in total. The molecule has 0 aliphatic heterocycles. The second kappa shape index (κ2) is 2.64. The first-order valence-corrected chi connectivity index (χ1v) is 5.21. The van der Waals surface area contributed by atoms with Crippen LogP contribution in [0.5, 0.6) is 0 Å². The molecule has 0 aromatic heterocycles. The third-order valence-electron chi connectivity index (χ3n) is 1.57. The van der Waals surface area contributed by atoms with Gasteiger partial charge >= 0.3 is 0 Å². The van der Waals surface area contributed by atoms with Crippen LogP contribution in [-0.4, -0.2) is 16.2 Å². The van der Waals surface area contributed by atoms with E-state index in [2.05, 4.69) is 27.3 Å². The van der Waals surface area contributed by atoms with Crippen LogP contribution in [0.4, 0.5) is 0 Å². The Morgan fingerprint density at radius 2 is 1.62 bits per heavy atom. The number of rotatable bonds is 1. The minimum atomic E-state index is -0.870. The van der Waals surface area contributed by atoms with E-state index in [0.717, 1.165) is 0 Å². The van der Waals surface area contributed by atoms with Crippen molar-refractivity contribution in [3.8, 4) is 0 Å². The Kier molecular flexibility index (Phi) is 2.70. The Labute approximate surface area is 53.8 Å². The number of hydrogen-bond donors (Lipinski definition) is 0. The zero-order chi connectivity index (χ0) is 6.78. The van der Waals surface area contributed by atoms with E-state index in [1.807, 2.05) is 7.11 Å². The lowest BCUT2D eigenvalue weighted by Crippen LogP contribution is -2.23. The van der Waals surface area contributed by atoms with Crippen LogP contribution in [0.15, 0.2) is 0 Å². The van der Waals surface area contributed by atoms with Crippen molar-refractivity contribution in [1.82, 2.24) is 0 Å². The summed E-state index contributed by atoms with van der Waals surface area (Å²) in [5, 5.41) is 0.425. The molecule has 0 aliphatic carbocycles. The van der Waals surface area contributed by atoms with E-state index in [9.17, 15) is 0 Å². The molecule has 0 rings (SSSR count). The number of hydrogen-bond acceptors (Lipinski definition) is 1. The average molecular weight is 132 g/mol. The standard InChI is InChI=1S/C6H16OSi/c1-6(2,3)8(5)7-4/h8H,1-5H3. The Morgan fingerprint density at radius 1 is 1.25 bits per heavy atom. The van der Waals surface area contributed by atoms with Crippen LogP contribution in [0.1, 0.15) is 20.8 Å². The third-order valence-corrected chi connectivity index (χ3v) is 4.72. The zero-order valence-corrected chi connectivity index (χ0v) is 7.64. The first-order chi connectivity index (χ1) is 3.48. The van der Waals surface area contributed by atoms with Gasteiger partial charge in [-0.2, -0.15) is 0 Å². The summed E-state index contributed by atoms with van der Waals surface area (Å²) >= 11 is 0. The van der Waals surface area contributed by atoms with Gasteiger partial charge in [-0.3, -0.25) is 0 Å². The van der Waals surface area contributed by atoms with E-state index in [-0.39, 0.29) is 0 Å². The van der Waals surface area contributed by atoms with Crippen molar-refractivity contribution < 1.29 is 4.43 Å². The van der Waals surface area contributed by atoms with E-state index >= 15 is 0 Å². The highest BCUT2D eigenvalue weighted by atomic mass is 28.3. The summed E-state index contributed by atoms with van der Waals surface area (Å²) < 4.78 is 5.25. The second-order valence-electron chi connectivity index (χ2n) is 3.24. The van der Waals surface area contributed by atoms with Crippen molar-refractivity contribution >= 4 is 9.04 Å². The van der Waals surface area contributed by atoms with E-state index < -0.39 is 9.04 Å². The SMILES string of the molecule is CO[SiH](C)C(C)(C)C. The van der Waals surface area contributed by atoms with Gasteiger partial charge in [-0.15, -0.1) is 0 Å². The summed E-state index contributed by atoms with van der Waals surface area (Å²) in [6.45, 7) is 8.91. The van der Waals surface area contributed by atoms with Gasteiger partial charge in [-0.1, -0.05) is 20.8 Å². The van der Waals surface area contributed by atoms with Crippen LogP contribution in [0, 0.1) is 0 Å². The summed E-state index contributed by atoms with van der Waals surface area (Å²) in [4.78, 5) is 0. The monoisotopic (exact) mass is 132 g/mol. The predicted octanol–water partition coefficient (Wildman–Crippen LogP) is 1.79. The largest absolute Gasteiger partial charge is 0.423 e. The highest BCUT2D eigenvalue weighted by molar-refractivity contribution is 6.53. The average Bonchev–Trinajstić information content (AvgIpc) is 1.62. The minimum absolute atomic E-state index is 0.425. The molecule has 8 heavy (non-hydrogen) atoms. The van der Waals surface area contributed by atoms with E-state index in [1.54, 1.807) is 0 Å². The fraction of sp³-hybridized carbons (Fsp3) is 1.00. The molecule has 2 heteroatoms. The summed E-state index contributed by atoms with van der Waals surface area (Å²) in [6, 6.07) is 0. The third kappa shape index (κ3) is 2.48. The van der Waals surface area contributed by atoms with Crippen LogP contribution in [0.3, 0.4) is 0 Å². The molecule has 0 N–H and O–H groups in total. The normalized spacial score (nSPS) is 16.1. The van der Waals surface area contributed by atoms with E-state index in [1.165, 1.54) is 0 Å². The summed E-state index contributed by atoms with van der Waals surface area (Å²) in [7, 11) is 0.938. The lowest BCUT2D eigenvalue weighted by Gasteiger charge is -2.23. The van der Waals surface area contributed by atoms with Gasteiger partial charge in [-0.25, -0.2) is 0 Å². The first-order valence-electron chi connectivity index (χ1n) is 3.01. The molecule has 0 saturated carbocycles. The van der Waals surface area contributed by atoms with Crippen molar-refractivity contribution in [2.75, 3.05) is 7.11 Å². The van der Waals surface area contributed by atoms with Crippen molar-refractivity contribution in [3.05, 3.63) is 0 Å². The molecule has 0 bridgehead atoms. The van der Waals surface area contributed by atoms with Gasteiger partial charge < -0.3 is 4.43 Å². The minimum Gasteiger partial charge on any atom is -0.423 e. The quantitative estimate of drug-likeness (QED) is 0.494. The Morgan fingerprint density at radius 3 is 1.62 bits per heavy atom. The molecule has 0 aromatic rings. The Bertz CT molecular complexity index is 65.4. The van der Waals surface area contributed by atoms with Crippen LogP contribution in [0.2, 0.25) is 11.6 Å². The maximum Gasteiger partial charge on any atom is 0.178 e. The maximum absolute atomic E-state index is 5.25. The summed E-state index contributed by atoms with van der Waals surface area (Å²) in [5.74, 6) is 0. The highest BCUT2D eigenvalue weighted by Crippen LogP contribution is 2.26. The van der Waals surface area contributed by atoms with Gasteiger partial charge in [0.1, 0.15) is 0 Å². The molecule has 0 aliphatic rings. The van der Waals surface area contributed by atoms with Crippen molar-refractivity contribution in [3.63, 3.8) is 0 Å². The smallest absolute Gasteiger partial charge is 0.178 e. The predicted molar refractivity (Wildman–Crippen MR) is 39.7 cm³/mol. The van der Waals surface area contributed by atoms with Crippen molar-refractivity contribution in [1.29, 1.82) is 0 Å². The van der Waals surface area contributed by atoms with Crippen LogP contribution >= 0.6 is 0 Å². The van der Waals surface area contributed by atoms with Crippen LogP contribution < -0.4 is 0 Å². The van der Waals surface area contributed by atoms with Crippen molar-refractivity contribution in [2.45, 2.75) is 32.4 Å². The van der Waals surface area contributed by atoms with E-state index in [0.29, 0.717) is 5.04 Å². The Balaban J connectivity index is 3.62. The maximum atomic E-state index is 5.25. The second-order valence-corrected chi connectivity index (χ2v) is 6.73. The van der Waals surface area contributed by atoms with Gasteiger partial charge in [0.2, 0.25) is 0 Å². The molecule has 0 aromatic carbocycles. The molecule has 0 saturated heterocycles. The van der Waals surface area contributed by atoms with Gasteiger partial charge in [0.15, 0.2) is 9.04 Å². The fourth-order valence-corrected chi connectivity index (χ4v) is 1.06. The zero-order valence-electron chi connectivity index (χ0n) is 6.49. The van der Waals surface area contributed by atoms with Gasteiger partial charge in [-0.05, 0) is 11.6 Å². The van der Waals surface area contributed by atoms with Crippen molar-refractivity contribution in [2.24, 2.45) is 0 Å². The Hall–Kier alpha value is 0.177. The summed E-state index contributed by atoms with van der Waals surface area (Å²) in [6.07, 6.45) is 0. The molecule has 1 atom stereocenters. The molecule has 0 spiro atoms. The molecule has 0 radical (unpaired) electrons. The van der Waals surface area contributed by atoms with Crippen LogP contribution in [0.25, 0.3) is 0 Å².